The number of benzene rings is 2. The number of likely N-dealkylation sites (tertiary alicyclic amines) is 1. The molecule has 41 heavy (non-hydrogen) atoms. The largest absolute Gasteiger partial charge is 0.444 e. The van der Waals surface area contributed by atoms with Crippen molar-refractivity contribution in [3.05, 3.63) is 80.1 Å². The van der Waals surface area contributed by atoms with E-state index in [2.05, 4.69) is 13.8 Å². The number of halogens is 2. The van der Waals surface area contributed by atoms with Crippen LogP contribution < -0.4 is 4.90 Å². The van der Waals surface area contributed by atoms with Crippen LogP contribution in [0.1, 0.15) is 97.9 Å². The van der Waals surface area contributed by atoms with Gasteiger partial charge in [0, 0.05) is 33.5 Å². The molecule has 1 saturated heterocycles. The smallest absolute Gasteiger partial charge is 0.410 e. The zero-order chi connectivity index (χ0) is 29.8. The molecule has 2 unspecified atom stereocenters. The third kappa shape index (κ3) is 5.59. The molecule has 0 spiro atoms. The summed E-state index contributed by atoms with van der Waals surface area (Å²) in [7, 11) is 0. The highest BCUT2D eigenvalue weighted by Gasteiger charge is 2.46. The number of aromatic nitrogens is 2. The van der Waals surface area contributed by atoms with E-state index >= 15 is 0 Å². The standard InChI is InChI=1S/C32H38Cl2N4O3/c1-18(2)28-26-27(35-37(28)17-23-9-8-14-36(23)31(40)41-32(5,6)7)30(39)38(25-16-22(34)11-10-19(25)3)29(26)24-13-12-21(33)15-20(24)4/h10-13,15-16,18,23,29H,8-9,14,17H2,1-7H3. The molecule has 2 aromatic carbocycles. The monoisotopic (exact) mass is 596 g/mol. The Hall–Kier alpha value is -3.03. The van der Waals surface area contributed by atoms with Gasteiger partial charge in [0.1, 0.15) is 5.60 Å². The molecule has 7 nitrogen and oxygen atoms in total. The first-order chi connectivity index (χ1) is 19.3. The molecule has 2 aliphatic heterocycles. The van der Waals surface area contributed by atoms with Gasteiger partial charge in [-0.1, -0.05) is 49.2 Å². The Kier molecular flexibility index (Phi) is 7.90. The summed E-state index contributed by atoms with van der Waals surface area (Å²) in [5.74, 6) is -0.0910. The second-order valence-electron chi connectivity index (χ2n) is 12.5. The minimum absolute atomic E-state index is 0.0699. The van der Waals surface area contributed by atoms with Gasteiger partial charge >= 0.3 is 6.09 Å². The summed E-state index contributed by atoms with van der Waals surface area (Å²) in [6, 6.07) is 10.9. The summed E-state index contributed by atoms with van der Waals surface area (Å²) in [4.78, 5) is 30.9. The number of ether oxygens (including phenoxy) is 1. The lowest BCUT2D eigenvalue weighted by Gasteiger charge is -2.31. The van der Waals surface area contributed by atoms with E-state index in [1.54, 1.807) is 0 Å². The summed E-state index contributed by atoms with van der Waals surface area (Å²) in [6.07, 6.45) is 1.44. The first kappa shape index (κ1) is 29.5. The van der Waals surface area contributed by atoms with Crippen molar-refractivity contribution in [3.63, 3.8) is 0 Å². The molecule has 0 radical (unpaired) electrons. The molecule has 2 aliphatic rings. The Balaban J connectivity index is 1.62. The van der Waals surface area contributed by atoms with Crippen LogP contribution >= 0.6 is 23.2 Å². The van der Waals surface area contributed by atoms with Crippen molar-refractivity contribution in [3.8, 4) is 0 Å². The topological polar surface area (TPSA) is 67.7 Å². The molecule has 218 valence electrons. The SMILES string of the molecule is Cc1cc(Cl)ccc1C1c2c(nn(CC3CCCN3C(=O)OC(C)(C)C)c2C(C)C)C(=O)N1c1cc(Cl)ccc1C. The van der Waals surface area contributed by atoms with Crippen LogP contribution in [0.25, 0.3) is 0 Å². The van der Waals surface area contributed by atoms with Crippen molar-refractivity contribution in [2.75, 3.05) is 11.4 Å². The van der Waals surface area contributed by atoms with Crippen LogP contribution in [0.2, 0.25) is 10.0 Å². The van der Waals surface area contributed by atoms with Crippen LogP contribution in [0, 0.1) is 13.8 Å². The maximum Gasteiger partial charge on any atom is 0.410 e. The van der Waals surface area contributed by atoms with Crippen molar-refractivity contribution in [1.29, 1.82) is 0 Å². The van der Waals surface area contributed by atoms with Gasteiger partial charge in [0.15, 0.2) is 5.69 Å². The highest BCUT2D eigenvalue weighted by Crippen LogP contribution is 2.47. The van der Waals surface area contributed by atoms with E-state index in [0.29, 0.717) is 28.8 Å². The summed E-state index contributed by atoms with van der Waals surface area (Å²) in [5.41, 5.74) is 5.44. The predicted molar refractivity (Wildman–Crippen MR) is 163 cm³/mol. The number of nitrogens with zero attached hydrogens (tertiary/aromatic N) is 4. The zero-order valence-corrected chi connectivity index (χ0v) is 26.3. The van der Waals surface area contributed by atoms with E-state index in [-0.39, 0.29) is 24.0 Å². The maximum atomic E-state index is 14.3. The van der Waals surface area contributed by atoms with E-state index in [9.17, 15) is 9.59 Å². The van der Waals surface area contributed by atoms with Gasteiger partial charge in [0.25, 0.3) is 5.91 Å². The number of aryl methyl sites for hydroxylation is 2. The number of hydrogen-bond acceptors (Lipinski definition) is 4. The van der Waals surface area contributed by atoms with E-state index < -0.39 is 11.6 Å². The van der Waals surface area contributed by atoms with Crippen LogP contribution in [0.3, 0.4) is 0 Å². The fraction of sp³-hybridized carbons (Fsp3) is 0.469. The fourth-order valence-electron chi connectivity index (χ4n) is 6.14. The number of rotatable bonds is 5. The number of anilines is 1. The molecule has 2 atom stereocenters. The van der Waals surface area contributed by atoms with Gasteiger partial charge in [-0.2, -0.15) is 5.10 Å². The highest BCUT2D eigenvalue weighted by atomic mass is 35.5. The van der Waals surface area contributed by atoms with Gasteiger partial charge in [-0.15, -0.1) is 0 Å². The van der Waals surface area contributed by atoms with Gasteiger partial charge in [0.2, 0.25) is 0 Å². The number of carbonyl (C=O) groups is 2. The molecule has 0 saturated carbocycles. The molecular weight excluding hydrogens is 559 g/mol. The molecule has 3 heterocycles. The lowest BCUT2D eigenvalue weighted by Crippen LogP contribution is -2.42. The Morgan fingerprint density at radius 1 is 1.07 bits per heavy atom. The highest BCUT2D eigenvalue weighted by molar-refractivity contribution is 6.31. The molecule has 2 amide bonds. The Morgan fingerprint density at radius 3 is 2.41 bits per heavy atom. The molecule has 9 heteroatoms. The van der Waals surface area contributed by atoms with E-state index in [4.69, 9.17) is 33.0 Å². The normalized spacial score (nSPS) is 18.9. The number of fused-ring (bicyclic) bond motifs is 1. The van der Waals surface area contributed by atoms with Crippen LogP contribution in [0.4, 0.5) is 10.5 Å². The molecule has 3 aromatic rings. The van der Waals surface area contributed by atoms with Crippen LogP contribution in [-0.4, -0.2) is 44.9 Å². The van der Waals surface area contributed by atoms with Gasteiger partial charge in [0.05, 0.1) is 18.6 Å². The number of hydrogen-bond donors (Lipinski definition) is 0. The molecule has 0 aliphatic carbocycles. The second kappa shape index (κ2) is 11.0. The third-order valence-electron chi connectivity index (χ3n) is 7.88. The zero-order valence-electron chi connectivity index (χ0n) is 24.8. The minimum Gasteiger partial charge on any atom is -0.444 e. The average molecular weight is 598 g/mol. The van der Waals surface area contributed by atoms with Gasteiger partial charge < -0.3 is 9.64 Å². The molecule has 1 aromatic heterocycles. The lowest BCUT2D eigenvalue weighted by atomic mass is 9.91. The molecular formula is C32H38Cl2N4O3. The molecule has 1 fully saturated rings. The summed E-state index contributed by atoms with van der Waals surface area (Å²) < 4.78 is 7.66. The van der Waals surface area contributed by atoms with Crippen LogP contribution in [-0.2, 0) is 11.3 Å². The second-order valence-corrected chi connectivity index (χ2v) is 13.3. The molecule has 0 N–H and O–H groups in total. The van der Waals surface area contributed by atoms with Crippen molar-refractivity contribution >= 4 is 40.9 Å². The van der Waals surface area contributed by atoms with E-state index in [0.717, 1.165) is 46.5 Å². The van der Waals surface area contributed by atoms with Crippen molar-refractivity contribution in [2.24, 2.45) is 0 Å². The van der Waals surface area contributed by atoms with Gasteiger partial charge in [-0.3, -0.25) is 14.4 Å². The quantitative estimate of drug-likeness (QED) is 0.298. The summed E-state index contributed by atoms with van der Waals surface area (Å²) in [5, 5.41) is 6.17. The first-order valence-corrected chi connectivity index (χ1v) is 15.0. The first-order valence-electron chi connectivity index (χ1n) is 14.2. The van der Waals surface area contributed by atoms with Crippen molar-refractivity contribution in [2.45, 2.75) is 91.5 Å². The molecule has 0 bridgehead atoms. The Morgan fingerprint density at radius 2 is 1.76 bits per heavy atom. The molecule has 5 rings (SSSR count). The summed E-state index contributed by atoms with van der Waals surface area (Å²) >= 11 is 12.8. The van der Waals surface area contributed by atoms with Crippen molar-refractivity contribution in [1.82, 2.24) is 14.7 Å². The van der Waals surface area contributed by atoms with E-state index in [1.165, 1.54) is 0 Å². The Labute approximate surface area is 252 Å². The van der Waals surface area contributed by atoms with Gasteiger partial charge in [-0.05, 0) is 94.3 Å². The van der Waals surface area contributed by atoms with Gasteiger partial charge in [-0.25, -0.2) is 4.79 Å². The van der Waals surface area contributed by atoms with Crippen LogP contribution in [0.15, 0.2) is 36.4 Å². The lowest BCUT2D eigenvalue weighted by molar-refractivity contribution is 0.0210. The minimum atomic E-state index is -0.571. The Bertz CT molecular complexity index is 1510. The number of amides is 2. The maximum absolute atomic E-state index is 14.3. The van der Waals surface area contributed by atoms with Crippen LogP contribution in [0.5, 0.6) is 0 Å². The predicted octanol–water partition coefficient (Wildman–Crippen LogP) is 8.08. The average Bonchev–Trinajstić information content (AvgIpc) is 3.54. The van der Waals surface area contributed by atoms with E-state index in [1.807, 2.05) is 85.5 Å². The van der Waals surface area contributed by atoms with Crippen molar-refractivity contribution < 1.29 is 14.3 Å². The summed E-state index contributed by atoms with van der Waals surface area (Å²) in [6.45, 7) is 15.0. The fourth-order valence-corrected chi connectivity index (χ4v) is 6.54. The number of carbonyl (C=O) groups excluding carboxylic acids is 2. The third-order valence-corrected chi connectivity index (χ3v) is 8.35.